The van der Waals surface area contributed by atoms with Crippen LogP contribution in [-0.2, 0) is 0 Å². The summed E-state index contributed by atoms with van der Waals surface area (Å²) >= 11 is 0. The second-order valence-corrected chi connectivity index (χ2v) is 7.84. The number of imidazole rings is 1. The predicted molar refractivity (Wildman–Crippen MR) is 120 cm³/mol. The fraction of sp³-hybridized carbons (Fsp3) is 0.304. The minimum Gasteiger partial charge on any atom is -0.365 e. The summed E-state index contributed by atoms with van der Waals surface area (Å²) in [4.78, 5) is 21.3. The molecule has 7 heteroatoms. The van der Waals surface area contributed by atoms with Gasteiger partial charge in [0.2, 0.25) is 5.95 Å². The average Bonchev–Trinajstić information content (AvgIpc) is 3.26. The summed E-state index contributed by atoms with van der Waals surface area (Å²) in [5.41, 5.74) is 5.64. The van der Waals surface area contributed by atoms with Gasteiger partial charge in [-0.15, -0.1) is 0 Å². The molecule has 0 saturated heterocycles. The number of anilines is 3. The molecule has 4 aromatic rings. The number of aromatic nitrogens is 5. The third kappa shape index (κ3) is 3.83. The van der Waals surface area contributed by atoms with Gasteiger partial charge in [0, 0.05) is 23.5 Å². The van der Waals surface area contributed by atoms with Gasteiger partial charge < -0.3 is 15.6 Å². The lowest BCUT2D eigenvalue weighted by molar-refractivity contribution is 0.462. The summed E-state index contributed by atoms with van der Waals surface area (Å²) in [5.74, 6) is 1.34. The molecule has 0 radical (unpaired) electrons. The van der Waals surface area contributed by atoms with Crippen molar-refractivity contribution in [1.29, 1.82) is 0 Å². The zero-order valence-corrected chi connectivity index (χ0v) is 17.0. The van der Waals surface area contributed by atoms with E-state index in [1.165, 1.54) is 32.1 Å². The van der Waals surface area contributed by atoms with E-state index in [9.17, 15) is 0 Å². The van der Waals surface area contributed by atoms with Gasteiger partial charge in [0.05, 0.1) is 12.0 Å². The number of hydrogen-bond donors (Lipinski definition) is 3. The second-order valence-electron chi connectivity index (χ2n) is 7.84. The highest BCUT2D eigenvalue weighted by atomic mass is 15.2. The van der Waals surface area contributed by atoms with Crippen molar-refractivity contribution in [2.45, 2.75) is 45.1 Å². The average molecular weight is 400 g/mol. The highest BCUT2D eigenvalue weighted by Crippen LogP contribution is 2.28. The van der Waals surface area contributed by atoms with Gasteiger partial charge in [-0.25, -0.2) is 4.98 Å². The van der Waals surface area contributed by atoms with Crippen molar-refractivity contribution in [1.82, 2.24) is 24.9 Å². The van der Waals surface area contributed by atoms with Crippen LogP contribution in [0.2, 0.25) is 0 Å². The summed E-state index contributed by atoms with van der Waals surface area (Å²) in [6, 6.07) is 12.6. The summed E-state index contributed by atoms with van der Waals surface area (Å²) in [7, 11) is 0. The molecule has 3 aromatic heterocycles. The lowest BCUT2D eigenvalue weighted by atomic mass is 9.95. The molecular weight excluding hydrogens is 374 g/mol. The van der Waals surface area contributed by atoms with Gasteiger partial charge in [-0.2, -0.15) is 9.97 Å². The van der Waals surface area contributed by atoms with Crippen molar-refractivity contribution in [2.24, 2.45) is 0 Å². The van der Waals surface area contributed by atoms with Crippen LogP contribution in [0.25, 0.3) is 22.4 Å². The fourth-order valence-electron chi connectivity index (χ4n) is 4.05. The van der Waals surface area contributed by atoms with Crippen molar-refractivity contribution in [3.8, 4) is 11.3 Å². The van der Waals surface area contributed by atoms with Crippen LogP contribution in [0.15, 0.2) is 48.9 Å². The predicted octanol–water partition coefficient (Wildman–Crippen LogP) is 5.21. The number of nitrogens with zero attached hydrogens (tertiary/aromatic N) is 4. The first-order valence-corrected chi connectivity index (χ1v) is 10.5. The molecule has 1 aromatic carbocycles. The summed E-state index contributed by atoms with van der Waals surface area (Å²) < 4.78 is 0. The van der Waals surface area contributed by atoms with E-state index in [0.717, 1.165) is 39.5 Å². The number of pyridine rings is 1. The Morgan fingerprint density at radius 2 is 1.90 bits per heavy atom. The number of aromatic amines is 1. The van der Waals surface area contributed by atoms with Gasteiger partial charge in [0.25, 0.3) is 0 Å². The van der Waals surface area contributed by atoms with Crippen LogP contribution in [0.5, 0.6) is 0 Å². The molecule has 0 bridgehead atoms. The standard InChI is InChI=1S/C23H25N7/c1-15-13-16(19-9-5-6-12-24-19)10-11-18(15)28-23-29-21-20(25-14-26-21)22(30-23)27-17-7-3-2-4-8-17/h5-6,9-14,17H,2-4,7-8H2,1H3,(H3,25,26,27,28,29,30). The van der Waals surface area contributed by atoms with Gasteiger partial charge in [-0.3, -0.25) is 4.98 Å². The van der Waals surface area contributed by atoms with E-state index in [1.807, 2.05) is 30.5 Å². The zero-order valence-electron chi connectivity index (χ0n) is 17.0. The lowest BCUT2D eigenvalue weighted by Crippen LogP contribution is -2.23. The van der Waals surface area contributed by atoms with E-state index in [-0.39, 0.29) is 0 Å². The fourth-order valence-corrected chi connectivity index (χ4v) is 4.05. The van der Waals surface area contributed by atoms with E-state index >= 15 is 0 Å². The molecule has 0 aliphatic heterocycles. The molecule has 0 spiro atoms. The Balaban J connectivity index is 1.42. The SMILES string of the molecule is Cc1cc(-c2ccccn2)ccc1Nc1nc(NC2CCCCC2)c2nc[nH]c2n1. The number of aryl methyl sites for hydroxylation is 1. The van der Waals surface area contributed by atoms with E-state index in [1.54, 1.807) is 6.33 Å². The van der Waals surface area contributed by atoms with Crippen LogP contribution >= 0.6 is 0 Å². The van der Waals surface area contributed by atoms with Crippen LogP contribution in [0.4, 0.5) is 17.5 Å². The topological polar surface area (TPSA) is 91.4 Å². The summed E-state index contributed by atoms with van der Waals surface area (Å²) in [5, 5.41) is 6.98. The van der Waals surface area contributed by atoms with E-state index in [4.69, 9.17) is 4.98 Å². The first kappa shape index (κ1) is 18.5. The third-order valence-corrected chi connectivity index (χ3v) is 5.66. The maximum Gasteiger partial charge on any atom is 0.231 e. The molecule has 1 saturated carbocycles. The summed E-state index contributed by atoms with van der Waals surface area (Å²) in [6.45, 7) is 2.07. The Morgan fingerprint density at radius 3 is 2.70 bits per heavy atom. The Bertz CT molecular complexity index is 1150. The Kier molecular flexibility index (Phi) is 5.01. The van der Waals surface area contributed by atoms with Crippen LogP contribution in [0.3, 0.4) is 0 Å². The van der Waals surface area contributed by atoms with Crippen LogP contribution in [-0.4, -0.2) is 31.0 Å². The molecule has 30 heavy (non-hydrogen) atoms. The first-order chi connectivity index (χ1) is 14.8. The van der Waals surface area contributed by atoms with Gasteiger partial charge in [0.1, 0.15) is 5.52 Å². The van der Waals surface area contributed by atoms with Gasteiger partial charge in [0.15, 0.2) is 11.5 Å². The van der Waals surface area contributed by atoms with Crippen molar-refractivity contribution < 1.29 is 0 Å². The normalized spacial score (nSPS) is 14.7. The smallest absolute Gasteiger partial charge is 0.231 e. The van der Waals surface area contributed by atoms with Crippen LogP contribution in [0.1, 0.15) is 37.7 Å². The molecule has 5 rings (SSSR count). The highest BCUT2D eigenvalue weighted by molar-refractivity contribution is 5.84. The quantitative estimate of drug-likeness (QED) is 0.427. The molecule has 1 fully saturated rings. The van der Waals surface area contributed by atoms with Gasteiger partial charge >= 0.3 is 0 Å². The Labute approximate surface area is 175 Å². The van der Waals surface area contributed by atoms with Gasteiger partial charge in [-0.1, -0.05) is 31.4 Å². The molecule has 0 amide bonds. The summed E-state index contributed by atoms with van der Waals surface area (Å²) in [6.07, 6.45) is 9.67. The minimum absolute atomic E-state index is 0.445. The van der Waals surface area contributed by atoms with E-state index < -0.39 is 0 Å². The number of fused-ring (bicyclic) bond motifs is 1. The van der Waals surface area contributed by atoms with Crippen molar-refractivity contribution in [3.05, 3.63) is 54.5 Å². The minimum atomic E-state index is 0.445. The van der Waals surface area contributed by atoms with E-state index in [0.29, 0.717) is 12.0 Å². The monoisotopic (exact) mass is 399 g/mol. The number of nitrogens with one attached hydrogen (secondary N) is 3. The van der Waals surface area contributed by atoms with Crippen molar-refractivity contribution in [2.75, 3.05) is 10.6 Å². The molecule has 1 aliphatic rings. The van der Waals surface area contributed by atoms with Crippen LogP contribution < -0.4 is 10.6 Å². The maximum atomic E-state index is 4.76. The molecule has 3 heterocycles. The molecule has 3 N–H and O–H groups in total. The lowest BCUT2D eigenvalue weighted by Gasteiger charge is -2.23. The van der Waals surface area contributed by atoms with Crippen LogP contribution in [0, 0.1) is 6.92 Å². The first-order valence-electron chi connectivity index (χ1n) is 10.5. The van der Waals surface area contributed by atoms with Gasteiger partial charge in [-0.05, 0) is 49.6 Å². The largest absolute Gasteiger partial charge is 0.365 e. The third-order valence-electron chi connectivity index (χ3n) is 5.66. The van der Waals surface area contributed by atoms with Crippen molar-refractivity contribution >= 4 is 28.6 Å². The van der Waals surface area contributed by atoms with Crippen molar-refractivity contribution in [3.63, 3.8) is 0 Å². The zero-order chi connectivity index (χ0) is 20.3. The Morgan fingerprint density at radius 1 is 1.00 bits per heavy atom. The number of hydrogen-bond acceptors (Lipinski definition) is 6. The number of rotatable bonds is 5. The highest BCUT2D eigenvalue weighted by Gasteiger charge is 2.17. The molecule has 7 nitrogen and oxygen atoms in total. The van der Waals surface area contributed by atoms with E-state index in [2.05, 4.69) is 49.6 Å². The molecule has 152 valence electrons. The molecule has 1 aliphatic carbocycles. The maximum absolute atomic E-state index is 4.76. The molecular formula is C23H25N7. The Hall–Kier alpha value is -3.48. The second kappa shape index (κ2) is 8.10. The molecule has 0 unspecified atom stereocenters. The number of H-pyrrole nitrogens is 1. The number of benzene rings is 1. The molecule has 0 atom stereocenters.